The molecule has 0 fully saturated rings. The third kappa shape index (κ3) is 1.52. The molecule has 3 nitrogen and oxygen atoms in total. The highest BCUT2D eigenvalue weighted by Gasteiger charge is 2.08. The van der Waals surface area contributed by atoms with Crippen LogP contribution < -0.4 is 4.74 Å². The van der Waals surface area contributed by atoms with Gasteiger partial charge in [-0.3, -0.25) is 4.79 Å². The van der Waals surface area contributed by atoms with Gasteiger partial charge in [-0.15, -0.1) is 0 Å². The van der Waals surface area contributed by atoms with Crippen molar-refractivity contribution in [3.63, 3.8) is 0 Å². The maximum atomic E-state index is 10.5. The predicted octanol–water partition coefficient (Wildman–Crippen LogP) is 1.69. The molecule has 0 heterocycles. The summed E-state index contributed by atoms with van der Waals surface area (Å²) in [4.78, 5) is 10.5. The zero-order valence-electron chi connectivity index (χ0n) is 7.50. The highest BCUT2D eigenvalue weighted by Crippen LogP contribution is 2.22. The summed E-state index contributed by atoms with van der Waals surface area (Å²) in [6.45, 7) is 1.75. The van der Waals surface area contributed by atoms with Gasteiger partial charge in [0.15, 0.2) is 6.29 Å². The number of methoxy groups -OCH3 is 1. The van der Waals surface area contributed by atoms with Gasteiger partial charge in [0.25, 0.3) is 0 Å². The molecular weight excluding hydrogens is 166 g/mol. The second-order valence-electron chi connectivity index (χ2n) is 2.59. The summed E-state index contributed by atoms with van der Waals surface area (Å²) in [7, 11) is 1.53. The van der Waals surface area contributed by atoms with Crippen LogP contribution in [0.4, 0.5) is 0 Å². The Hall–Kier alpha value is -1.82. The van der Waals surface area contributed by atoms with Crippen LogP contribution >= 0.6 is 0 Å². The van der Waals surface area contributed by atoms with Crippen molar-refractivity contribution in [2.24, 2.45) is 0 Å². The molecule has 0 atom stereocenters. The molecule has 0 radical (unpaired) electrons. The lowest BCUT2D eigenvalue weighted by atomic mass is 10.0. The van der Waals surface area contributed by atoms with E-state index in [0.29, 0.717) is 28.7 Å². The van der Waals surface area contributed by atoms with Gasteiger partial charge in [-0.25, -0.2) is 0 Å². The molecule has 0 saturated heterocycles. The van der Waals surface area contributed by atoms with Crippen LogP contribution in [0.5, 0.6) is 5.75 Å². The van der Waals surface area contributed by atoms with Gasteiger partial charge in [0, 0.05) is 11.1 Å². The first-order valence-electron chi connectivity index (χ1n) is 3.77. The molecule has 0 saturated carbocycles. The minimum atomic E-state index is 0.384. The van der Waals surface area contributed by atoms with Crippen molar-refractivity contribution < 1.29 is 9.53 Å². The van der Waals surface area contributed by atoms with Crippen LogP contribution in [0.15, 0.2) is 12.1 Å². The Morgan fingerprint density at radius 2 is 2.23 bits per heavy atom. The Balaban J connectivity index is 3.42. The minimum absolute atomic E-state index is 0.384. The van der Waals surface area contributed by atoms with Crippen LogP contribution in [-0.2, 0) is 0 Å². The Bertz CT molecular complexity index is 377. The third-order valence-corrected chi connectivity index (χ3v) is 1.91. The highest BCUT2D eigenvalue weighted by atomic mass is 16.5. The van der Waals surface area contributed by atoms with Gasteiger partial charge >= 0.3 is 0 Å². The lowest BCUT2D eigenvalue weighted by Crippen LogP contribution is -1.95. The summed E-state index contributed by atoms with van der Waals surface area (Å²) in [6, 6.07) is 5.24. The summed E-state index contributed by atoms with van der Waals surface area (Å²) in [5.41, 5.74) is 1.49. The number of carbonyl (C=O) groups is 1. The first kappa shape index (κ1) is 9.27. The molecule has 0 spiro atoms. The van der Waals surface area contributed by atoms with Gasteiger partial charge in [-0.05, 0) is 19.1 Å². The molecule has 0 aliphatic heterocycles. The maximum absolute atomic E-state index is 10.5. The van der Waals surface area contributed by atoms with Crippen molar-refractivity contribution in [2.75, 3.05) is 7.11 Å². The predicted molar refractivity (Wildman–Crippen MR) is 47.8 cm³/mol. The number of aldehydes is 1. The molecule has 1 aromatic carbocycles. The summed E-state index contributed by atoms with van der Waals surface area (Å²) >= 11 is 0. The number of hydrogen-bond donors (Lipinski definition) is 0. The molecule has 0 aliphatic carbocycles. The van der Waals surface area contributed by atoms with E-state index in [-0.39, 0.29) is 0 Å². The fraction of sp³-hybridized carbons (Fsp3) is 0.200. The highest BCUT2D eigenvalue weighted by molar-refractivity contribution is 5.80. The number of hydrogen-bond acceptors (Lipinski definition) is 3. The van der Waals surface area contributed by atoms with Gasteiger partial charge in [0.1, 0.15) is 11.8 Å². The summed E-state index contributed by atoms with van der Waals surface area (Å²) < 4.78 is 5.02. The van der Waals surface area contributed by atoms with Crippen molar-refractivity contribution in [2.45, 2.75) is 6.92 Å². The van der Waals surface area contributed by atoms with Crippen LogP contribution in [0.3, 0.4) is 0 Å². The molecule has 0 unspecified atom stereocenters. The molecule has 0 bridgehead atoms. The number of carbonyl (C=O) groups excluding carboxylic acids is 1. The number of nitriles is 1. The normalized spacial score (nSPS) is 9.00. The van der Waals surface area contributed by atoms with Gasteiger partial charge in [-0.2, -0.15) is 5.26 Å². The molecule has 0 aromatic heterocycles. The molecule has 3 heteroatoms. The smallest absolute Gasteiger partial charge is 0.151 e. The van der Waals surface area contributed by atoms with Crippen molar-refractivity contribution in [1.29, 1.82) is 5.26 Å². The average molecular weight is 175 g/mol. The van der Waals surface area contributed by atoms with E-state index in [4.69, 9.17) is 10.00 Å². The molecule has 0 N–H and O–H groups in total. The number of nitrogens with zero attached hydrogens (tertiary/aromatic N) is 1. The van der Waals surface area contributed by atoms with Crippen molar-refractivity contribution >= 4 is 6.29 Å². The molecular formula is C10H9NO2. The number of benzene rings is 1. The molecule has 1 rings (SSSR count). The van der Waals surface area contributed by atoms with Crippen LogP contribution in [0.25, 0.3) is 0 Å². The van der Waals surface area contributed by atoms with Crippen LogP contribution in [-0.4, -0.2) is 13.4 Å². The van der Waals surface area contributed by atoms with E-state index in [1.54, 1.807) is 19.1 Å². The van der Waals surface area contributed by atoms with Gasteiger partial charge in [-0.1, -0.05) is 0 Å². The average Bonchev–Trinajstić information content (AvgIpc) is 2.17. The standard InChI is InChI=1S/C10H9NO2/c1-7-9(5-11)8(6-12)3-4-10(7)13-2/h3-4,6H,1-2H3. The lowest BCUT2D eigenvalue weighted by molar-refractivity contribution is 0.112. The zero-order chi connectivity index (χ0) is 9.84. The fourth-order valence-electron chi connectivity index (χ4n) is 1.18. The third-order valence-electron chi connectivity index (χ3n) is 1.91. The minimum Gasteiger partial charge on any atom is -0.496 e. The quantitative estimate of drug-likeness (QED) is 0.642. The summed E-state index contributed by atoms with van der Waals surface area (Å²) in [5, 5.41) is 8.79. The Kier molecular flexibility index (Phi) is 2.65. The van der Waals surface area contributed by atoms with E-state index in [9.17, 15) is 4.79 Å². The van der Waals surface area contributed by atoms with Crippen molar-refractivity contribution in [1.82, 2.24) is 0 Å². The molecule has 66 valence electrons. The molecule has 13 heavy (non-hydrogen) atoms. The van der Waals surface area contributed by atoms with Gasteiger partial charge in [0.05, 0.1) is 12.7 Å². The van der Waals surface area contributed by atoms with Crippen molar-refractivity contribution in [3.8, 4) is 11.8 Å². The fourth-order valence-corrected chi connectivity index (χ4v) is 1.18. The van der Waals surface area contributed by atoms with E-state index < -0.39 is 0 Å². The molecule has 0 amide bonds. The number of rotatable bonds is 2. The summed E-state index contributed by atoms with van der Waals surface area (Å²) in [6.07, 6.45) is 0.672. The van der Waals surface area contributed by atoms with E-state index in [1.807, 2.05) is 6.07 Å². The molecule has 0 aliphatic rings. The first-order valence-corrected chi connectivity index (χ1v) is 3.77. The van der Waals surface area contributed by atoms with E-state index in [1.165, 1.54) is 7.11 Å². The summed E-state index contributed by atoms with van der Waals surface area (Å²) in [5.74, 6) is 0.627. The lowest BCUT2D eigenvalue weighted by Gasteiger charge is -2.06. The second kappa shape index (κ2) is 3.72. The Morgan fingerprint density at radius 3 is 2.69 bits per heavy atom. The topological polar surface area (TPSA) is 50.1 Å². The Labute approximate surface area is 76.6 Å². The molecule has 1 aromatic rings. The Morgan fingerprint density at radius 1 is 1.54 bits per heavy atom. The van der Waals surface area contributed by atoms with Gasteiger partial charge < -0.3 is 4.74 Å². The maximum Gasteiger partial charge on any atom is 0.151 e. The van der Waals surface area contributed by atoms with Crippen molar-refractivity contribution in [3.05, 3.63) is 28.8 Å². The SMILES string of the molecule is COc1ccc(C=O)c(C#N)c1C. The number of ether oxygens (including phenoxy) is 1. The van der Waals surface area contributed by atoms with Crippen LogP contribution in [0.2, 0.25) is 0 Å². The van der Waals surface area contributed by atoms with E-state index in [2.05, 4.69) is 0 Å². The van der Waals surface area contributed by atoms with E-state index >= 15 is 0 Å². The van der Waals surface area contributed by atoms with Gasteiger partial charge in [0.2, 0.25) is 0 Å². The first-order chi connectivity index (χ1) is 6.24. The van der Waals surface area contributed by atoms with Crippen LogP contribution in [0, 0.1) is 18.3 Å². The monoisotopic (exact) mass is 175 g/mol. The van der Waals surface area contributed by atoms with E-state index in [0.717, 1.165) is 0 Å². The second-order valence-corrected chi connectivity index (χ2v) is 2.59. The van der Waals surface area contributed by atoms with Crippen LogP contribution in [0.1, 0.15) is 21.5 Å². The zero-order valence-corrected chi connectivity index (χ0v) is 7.50. The largest absolute Gasteiger partial charge is 0.496 e.